The molecule has 0 amide bonds. The lowest BCUT2D eigenvalue weighted by Gasteiger charge is -2.46. The number of likely N-dealkylation sites (N-methyl/N-ethyl adjacent to an activating group) is 1. The van der Waals surface area contributed by atoms with Crippen molar-refractivity contribution in [1.82, 2.24) is 38.5 Å². The summed E-state index contributed by atoms with van der Waals surface area (Å²) in [6.07, 6.45) is 2.27. The van der Waals surface area contributed by atoms with Crippen LogP contribution in [-0.2, 0) is 14.2 Å². The van der Waals surface area contributed by atoms with Crippen LogP contribution in [0.3, 0.4) is 0 Å². The van der Waals surface area contributed by atoms with Gasteiger partial charge in [-0.15, -0.1) is 0 Å². The monoisotopic (exact) mass is 1040 g/mol. The molecule has 6 aromatic rings. The van der Waals surface area contributed by atoms with E-state index in [0.29, 0.717) is 81.8 Å². The molecule has 5 aliphatic rings. The topological polar surface area (TPSA) is 157 Å². The molecule has 0 spiro atoms. The van der Waals surface area contributed by atoms with Crippen molar-refractivity contribution >= 4 is 17.1 Å². The van der Waals surface area contributed by atoms with Crippen molar-refractivity contribution in [2.45, 2.75) is 66.5 Å². The van der Waals surface area contributed by atoms with Crippen molar-refractivity contribution < 1.29 is 27.4 Å². The largest absolute Gasteiger partial charge is 0.381 e. The van der Waals surface area contributed by atoms with Gasteiger partial charge in [0.25, 0.3) is 16.7 Å². The third kappa shape index (κ3) is 13.6. The Labute approximate surface area is 435 Å². The van der Waals surface area contributed by atoms with E-state index in [1.807, 2.05) is 11.9 Å². The second-order valence-corrected chi connectivity index (χ2v) is 19.4. The minimum absolute atomic E-state index is 0.195. The van der Waals surface area contributed by atoms with Crippen molar-refractivity contribution in [2.24, 2.45) is 0 Å². The molecule has 0 radical (unpaired) electrons. The first-order valence-electron chi connectivity index (χ1n) is 25.6. The van der Waals surface area contributed by atoms with Crippen molar-refractivity contribution in [3.63, 3.8) is 0 Å². The Balaban J connectivity index is 0.000000149. The molecule has 5 aliphatic heterocycles. The van der Waals surface area contributed by atoms with Crippen LogP contribution in [0.5, 0.6) is 0 Å². The van der Waals surface area contributed by atoms with Crippen LogP contribution in [0.4, 0.5) is 30.2 Å². The molecule has 400 valence electrons. The Morgan fingerprint density at radius 1 is 0.600 bits per heavy atom. The fraction of sp³-hybridized carbons (Fsp3) is 0.455. The van der Waals surface area contributed by atoms with E-state index < -0.39 is 0 Å². The highest BCUT2D eigenvalue weighted by molar-refractivity contribution is 5.55. The summed E-state index contributed by atoms with van der Waals surface area (Å²) in [7, 11) is 1.88. The van der Waals surface area contributed by atoms with Gasteiger partial charge >= 0.3 is 0 Å². The highest BCUT2D eigenvalue weighted by atomic mass is 19.1. The molecule has 5 saturated heterocycles. The zero-order valence-corrected chi connectivity index (χ0v) is 44.0. The Bertz CT molecular complexity index is 3130. The Morgan fingerprint density at radius 2 is 1.08 bits per heavy atom. The molecule has 2 unspecified atom stereocenters. The van der Waals surface area contributed by atoms with E-state index in [0.717, 1.165) is 91.6 Å². The number of morpholine rings is 3. The van der Waals surface area contributed by atoms with Crippen LogP contribution in [0, 0.1) is 59.0 Å². The summed E-state index contributed by atoms with van der Waals surface area (Å²) in [4.78, 5) is 58.1. The van der Waals surface area contributed by atoms with Gasteiger partial charge < -0.3 is 29.3 Å². The third-order valence-electron chi connectivity index (χ3n) is 13.8. The van der Waals surface area contributed by atoms with Crippen molar-refractivity contribution in [3.05, 3.63) is 156 Å². The molecule has 1 N–H and O–H groups in total. The normalized spacial score (nSPS) is 17.7. The summed E-state index contributed by atoms with van der Waals surface area (Å²) in [5.74, 6) is 0.593. The third-order valence-corrected chi connectivity index (χ3v) is 13.8. The molecule has 0 saturated carbocycles. The molecule has 2 bridgehead atoms. The summed E-state index contributed by atoms with van der Waals surface area (Å²) in [6.45, 7) is 21.7. The van der Waals surface area contributed by atoms with Gasteiger partial charge in [-0.2, -0.15) is 0 Å². The highest BCUT2D eigenvalue weighted by Gasteiger charge is 2.36. The van der Waals surface area contributed by atoms with Gasteiger partial charge in [-0.3, -0.25) is 37.9 Å². The standard InChI is InChI=1S/C19H25FN4O2.C18H23FN4O2.C18H20FN3O2/c1-14-12-19(25)24(15(2)21-14)16-4-5-18(17(20)13-16)22(3)6-7-23-8-10-26-11-9-23;1-13-11-18(24)23(14(2)21-13)15-3-4-17(16(19)12-15)20-5-6-22-7-9-25-10-8-22;1-11-7-18(23)22(12(2)20-11)13-4-6-17(16(19)8-13)21-9-15-5-3-14(21)10-24-15/h4-5,12-13H,6-11H2,1-3H3;3-4,11-12,20H,5-10H2,1-2H3;4,6-8,14-15H,3,5,9-10H2,1-2H3. The summed E-state index contributed by atoms with van der Waals surface area (Å²) in [6, 6.07) is 19.2. The first-order chi connectivity index (χ1) is 36.0. The smallest absolute Gasteiger partial charge is 0.258 e. The van der Waals surface area contributed by atoms with E-state index in [-0.39, 0.29) is 46.3 Å². The second-order valence-electron chi connectivity index (χ2n) is 19.4. The number of halogens is 3. The molecule has 5 fully saturated rings. The van der Waals surface area contributed by atoms with Gasteiger partial charge in [-0.25, -0.2) is 28.1 Å². The number of fused-ring (bicyclic) bond motifs is 3. The lowest BCUT2D eigenvalue weighted by molar-refractivity contribution is -0.0227. The minimum atomic E-state index is -0.383. The molecule has 3 aromatic carbocycles. The predicted molar refractivity (Wildman–Crippen MR) is 284 cm³/mol. The molecule has 8 heterocycles. The van der Waals surface area contributed by atoms with E-state index in [1.54, 1.807) is 77.9 Å². The Kier molecular flexibility index (Phi) is 18.0. The van der Waals surface area contributed by atoms with Gasteiger partial charge in [0.2, 0.25) is 0 Å². The number of anilines is 3. The molecular formula is C55H68F3N11O6. The lowest BCUT2D eigenvalue weighted by Crippen LogP contribution is -2.54. The van der Waals surface area contributed by atoms with Gasteiger partial charge in [-0.05, 0) is 90.8 Å². The van der Waals surface area contributed by atoms with Gasteiger partial charge in [0.15, 0.2) is 0 Å². The first-order valence-corrected chi connectivity index (χ1v) is 25.6. The second kappa shape index (κ2) is 24.8. The highest BCUT2D eigenvalue weighted by Crippen LogP contribution is 2.33. The number of aryl methyl sites for hydroxylation is 6. The fourth-order valence-electron chi connectivity index (χ4n) is 10.0. The van der Waals surface area contributed by atoms with E-state index in [1.165, 1.54) is 50.1 Å². The van der Waals surface area contributed by atoms with Crippen molar-refractivity contribution in [1.29, 1.82) is 0 Å². The Morgan fingerprint density at radius 3 is 1.52 bits per heavy atom. The molecular weight excluding hydrogens is 968 g/mol. The van der Waals surface area contributed by atoms with Crippen molar-refractivity contribution in [3.8, 4) is 17.1 Å². The molecule has 75 heavy (non-hydrogen) atoms. The minimum Gasteiger partial charge on any atom is -0.381 e. The molecule has 2 atom stereocenters. The average Bonchev–Trinajstić information content (AvgIpc) is 3.37. The van der Waals surface area contributed by atoms with Crippen LogP contribution in [-0.4, -0.2) is 150 Å². The van der Waals surface area contributed by atoms with Crippen LogP contribution in [0.1, 0.15) is 47.4 Å². The fourth-order valence-corrected chi connectivity index (χ4v) is 10.0. The maximum atomic E-state index is 14.8. The van der Waals surface area contributed by atoms with Crippen LogP contribution in [0.15, 0.2) is 87.2 Å². The van der Waals surface area contributed by atoms with Crippen LogP contribution >= 0.6 is 0 Å². The molecule has 11 rings (SSSR count). The number of ether oxygens (including phenoxy) is 3. The number of hydrogen-bond acceptors (Lipinski definition) is 14. The number of nitrogens with one attached hydrogen (secondary N) is 1. The number of benzene rings is 3. The average molecular weight is 1040 g/mol. The number of aromatic nitrogens is 6. The number of nitrogens with zero attached hydrogens (tertiary/aromatic N) is 10. The number of piperidine rings is 1. The lowest BCUT2D eigenvalue weighted by atomic mass is 9.96. The summed E-state index contributed by atoms with van der Waals surface area (Å²) in [5, 5.41) is 3.12. The summed E-state index contributed by atoms with van der Waals surface area (Å²) in [5.41, 5.74) is 4.37. The first kappa shape index (κ1) is 54.5. The molecule has 3 aromatic heterocycles. The van der Waals surface area contributed by atoms with Gasteiger partial charge in [0.1, 0.15) is 34.9 Å². The zero-order valence-electron chi connectivity index (χ0n) is 44.0. The zero-order chi connectivity index (χ0) is 53.3. The Hall–Kier alpha value is -6.71. The molecule has 0 aliphatic carbocycles. The van der Waals surface area contributed by atoms with Gasteiger partial charge in [0.05, 0.1) is 79.3 Å². The maximum Gasteiger partial charge on any atom is 0.258 e. The SMILES string of the molecule is Cc1cc(=O)n(-c2ccc(N(C)CCN3CCOCC3)c(F)c2)c(C)n1.Cc1cc(=O)n(-c2ccc(N3CC4CCC3CO4)c(F)c2)c(C)n1.Cc1cc(=O)n(-c2ccc(NCCN3CCOCC3)c(F)c2)c(C)n1. The van der Waals surface area contributed by atoms with E-state index >= 15 is 0 Å². The van der Waals surface area contributed by atoms with Gasteiger partial charge in [-0.1, -0.05) is 0 Å². The molecule has 17 nitrogen and oxygen atoms in total. The maximum absolute atomic E-state index is 14.8. The van der Waals surface area contributed by atoms with Crippen molar-refractivity contribution in [2.75, 3.05) is 114 Å². The van der Waals surface area contributed by atoms with E-state index in [2.05, 4.69) is 35.0 Å². The number of hydrogen-bond donors (Lipinski definition) is 1. The quantitative estimate of drug-likeness (QED) is 0.156. The predicted octanol–water partition coefficient (Wildman–Crippen LogP) is 5.85. The van der Waals surface area contributed by atoms with Crippen LogP contribution < -0.4 is 31.8 Å². The number of rotatable bonds is 12. The summed E-state index contributed by atoms with van der Waals surface area (Å²) < 4.78 is 64.5. The van der Waals surface area contributed by atoms with Gasteiger partial charge in [0, 0.05) is 119 Å². The van der Waals surface area contributed by atoms with E-state index in [9.17, 15) is 27.6 Å². The van der Waals surface area contributed by atoms with Crippen LogP contribution in [0.25, 0.3) is 17.1 Å². The summed E-state index contributed by atoms with van der Waals surface area (Å²) >= 11 is 0. The van der Waals surface area contributed by atoms with E-state index in [4.69, 9.17) is 14.2 Å². The van der Waals surface area contributed by atoms with Crippen LogP contribution in [0.2, 0.25) is 0 Å². The molecule has 20 heteroatoms.